The Hall–Kier alpha value is -2.76. The smallest absolute Gasteiger partial charge is 0.216 e. The summed E-state index contributed by atoms with van der Waals surface area (Å²) in [6.07, 6.45) is 3.24. The maximum atomic E-state index is 8.05. The summed E-state index contributed by atoms with van der Waals surface area (Å²) in [5.41, 5.74) is 4.95. The van der Waals surface area contributed by atoms with Crippen molar-refractivity contribution in [1.29, 1.82) is 5.41 Å². The first-order chi connectivity index (χ1) is 10.9. The van der Waals surface area contributed by atoms with Gasteiger partial charge in [-0.2, -0.15) is 0 Å². The topological polar surface area (TPSA) is 83.8 Å². The molecule has 0 fully saturated rings. The molecule has 6 heteroatoms. The first-order valence-electron chi connectivity index (χ1n) is 7.23. The van der Waals surface area contributed by atoms with Crippen molar-refractivity contribution in [3.05, 3.63) is 47.6 Å². The van der Waals surface area contributed by atoms with Crippen LogP contribution < -0.4 is 10.1 Å². The van der Waals surface area contributed by atoms with E-state index in [1.807, 2.05) is 13.8 Å². The highest BCUT2D eigenvalue weighted by atomic mass is 16.5. The van der Waals surface area contributed by atoms with Gasteiger partial charge in [0.05, 0.1) is 19.3 Å². The number of hydrogen-bond donors (Lipinski definition) is 2. The van der Waals surface area contributed by atoms with Gasteiger partial charge in [-0.25, -0.2) is 15.0 Å². The van der Waals surface area contributed by atoms with Gasteiger partial charge in [0.2, 0.25) is 5.88 Å². The minimum atomic E-state index is 0.459. The zero-order valence-corrected chi connectivity index (χ0v) is 13.9. The van der Waals surface area contributed by atoms with Crippen LogP contribution in [-0.4, -0.2) is 27.8 Å². The second-order valence-corrected chi connectivity index (χ2v) is 5.33. The van der Waals surface area contributed by atoms with E-state index in [1.165, 1.54) is 6.33 Å². The number of rotatable bonds is 6. The van der Waals surface area contributed by atoms with Gasteiger partial charge in [0.25, 0.3) is 0 Å². The summed E-state index contributed by atoms with van der Waals surface area (Å²) >= 11 is 0. The molecule has 0 spiro atoms. The monoisotopic (exact) mass is 311 g/mol. The molecule has 0 saturated carbocycles. The van der Waals surface area contributed by atoms with Gasteiger partial charge in [-0.1, -0.05) is 6.58 Å². The highest BCUT2D eigenvalue weighted by Crippen LogP contribution is 2.25. The summed E-state index contributed by atoms with van der Waals surface area (Å²) in [7, 11) is 1.57. The molecule has 0 radical (unpaired) electrons. The third-order valence-corrected chi connectivity index (χ3v) is 3.52. The minimum Gasteiger partial charge on any atom is -0.481 e. The number of nitrogens with one attached hydrogen (secondary N) is 2. The normalized spacial score (nSPS) is 10.3. The van der Waals surface area contributed by atoms with E-state index in [9.17, 15) is 0 Å². The third-order valence-electron chi connectivity index (χ3n) is 3.52. The van der Waals surface area contributed by atoms with Gasteiger partial charge < -0.3 is 15.5 Å². The van der Waals surface area contributed by atoms with Crippen molar-refractivity contribution in [3.63, 3.8) is 0 Å². The lowest BCUT2D eigenvalue weighted by Gasteiger charge is -2.16. The van der Waals surface area contributed by atoms with Crippen molar-refractivity contribution in [2.45, 2.75) is 27.3 Å². The first kappa shape index (κ1) is 16.6. The molecule has 0 aliphatic heterocycles. The van der Waals surface area contributed by atoms with E-state index in [1.54, 1.807) is 26.3 Å². The molecular formula is C17H21N5O. The predicted molar refractivity (Wildman–Crippen MR) is 92.1 cm³/mol. The number of allylic oxidation sites excluding steroid dienone is 1. The summed E-state index contributed by atoms with van der Waals surface area (Å²) in [5, 5.41) is 11.3. The lowest BCUT2D eigenvalue weighted by Crippen LogP contribution is -2.11. The quantitative estimate of drug-likeness (QED) is 0.800. The molecule has 120 valence electrons. The van der Waals surface area contributed by atoms with Crippen LogP contribution in [-0.2, 0) is 6.54 Å². The van der Waals surface area contributed by atoms with Crippen LogP contribution in [0.3, 0.4) is 0 Å². The Kier molecular flexibility index (Phi) is 5.05. The fourth-order valence-corrected chi connectivity index (χ4v) is 2.39. The third kappa shape index (κ3) is 3.71. The lowest BCUT2D eigenvalue weighted by molar-refractivity contribution is 0.396. The molecule has 6 nitrogen and oxygen atoms in total. The van der Waals surface area contributed by atoms with Gasteiger partial charge in [-0.15, -0.1) is 0 Å². The molecule has 0 aliphatic carbocycles. The van der Waals surface area contributed by atoms with Crippen LogP contribution in [0.15, 0.2) is 25.2 Å². The van der Waals surface area contributed by atoms with Gasteiger partial charge >= 0.3 is 0 Å². The number of anilines is 1. The minimum absolute atomic E-state index is 0.459. The van der Waals surface area contributed by atoms with Crippen LogP contribution in [0.25, 0.3) is 5.57 Å². The van der Waals surface area contributed by atoms with E-state index >= 15 is 0 Å². The summed E-state index contributed by atoms with van der Waals surface area (Å²) in [6, 6.07) is 1.76. The van der Waals surface area contributed by atoms with Crippen molar-refractivity contribution >= 4 is 17.1 Å². The second kappa shape index (κ2) is 7.00. The van der Waals surface area contributed by atoms with E-state index in [2.05, 4.69) is 26.8 Å². The Morgan fingerprint density at radius 2 is 2.04 bits per heavy atom. The largest absolute Gasteiger partial charge is 0.481 e. The molecule has 2 rings (SSSR count). The van der Waals surface area contributed by atoms with Crippen molar-refractivity contribution in [2.75, 3.05) is 12.4 Å². The van der Waals surface area contributed by atoms with Gasteiger partial charge in [0.15, 0.2) is 0 Å². The van der Waals surface area contributed by atoms with Crippen LogP contribution in [0.4, 0.5) is 5.82 Å². The Bertz CT molecular complexity index is 755. The van der Waals surface area contributed by atoms with Crippen LogP contribution in [0.1, 0.15) is 36.2 Å². The highest BCUT2D eigenvalue weighted by Gasteiger charge is 2.14. The first-order valence-corrected chi connectivity index (χ1v) is 7.23. The Balaban J connectivity index is 2.30. The van der Waals surface area contributed by atoms with Gasteiger partial charge in [0, 0.05) is 23.5 Å². The van der Waals surface area contributed by atoms with Crippen LogP contribution in [0, 0.1) is 12.3 Å². The molecule has 0 aliphatic rings. The zero-order chi connectivity index (χ0) is 17.0. The molecule has 23 heavy (non-hydrogen) atoms. The highest BCUT2D eigenvalue weighted by molar-refractivity contribution is 6.02. The standard InChI is InChI=1S/C17H21N5O/c1-10(2)14-8-20-17(16(11(14)3)12(4)18)19-7-13-6-15(23-5)22-9-21-13/h6,8-9,18H,1,7H2,2-5H3,(H,19,20). The molecule has 0 saturated heterocycles. The number of hydrogen-bond acceptors (Lipinski definition) is 6. The maximum Gasteiger partial charge on any atom is 0.216 e. The Labute approximate surface area is 136 Å². The summed E-state index contributed by atoms with van der Waals surface area (Å²) < 4.78 is 5.09. The fourth-order valence-electron chi connectivity index (χ4n) is 2.39. The molecule has 2 aromatic heterocycles. The average molecular weight is 311 g/mol. The predicted octanol–water partition coefficient (Wildman–Crippen LogP) is 3.22. The Morgan fingerprint density at radius 3 is 2.65 bits per heavy atom. The molecule has 2 heterocycles. The molecule has 2 N–H and O–H groups in total. The summed E-state index contributed by atoms with van der Waals surface area (Å²) in [6.45, 7) is 10.1. The second-order valence-electron chi connectivity index (χ2n) is 5.33. The van der Waals surface area contributed by atoms with E-state index in [-0.39, 0.29) is 0 Å². The van der Waals surface area contributed by atoms with Gasteiger partial charge in [0.1, 0.15) is 12.1 Å². The van der Waals surface area contributed by atoms with E-state index in [4.69, 9.17) is 10.1 Å². The molecule has 2 aromatic rings. The van der Waals surface area contributed by atoms with Crippen molar-refractivity contribution < 1.29 is 4.74 Å². The van der Waals surface area contributed by atoms with Crippen molar-refractivity contribution in [1.82, 2.24) is 15.0 Å². The Morgan fingerprint density at radius 1 is 1.30 bits per heavy atom. The van der Waals surface area contributed by atoms with Crippen LogP contribution >= 0.6 is 0 Å². The lowest BCUT2D eigenvalue weighted by atomic mass is 9.98. The summed E-state index contributed by atoms with van der Waals surface area (Å²) in [5.74, 6) is 1.18. The van der Waals surface area contributed by atoms with Gasteiger partial charge in [-0.3, -0.25) is 0 Å². The van der Waals surface area contributed by atoms with Crippen molar-refractivity contribution in [2.24, 2.45) is 0 Å². The number of nitrogens with zero attached hydrogens (tertiary/aromatic N) is 3. The molecule has 0 unspecified atom stereocenters. The van der Waals surface area contributed by atoms with Crippen molar-refractivity contribution in [3.8, 4) is 5.88 Å². The SMILES string of the molecule is C=C(C)c1cnc(NCc2cc(OC)ncn2)c(C(C)=N)c1C. The number of ether oxygens (including phenoxy) is 1. The summed E-state index contributed by atoms with van der Waals surface area (Å²) in [4.78, 5) is 12.6. The number of pyridine rings is 1. The van der Waals surface area contributed by atoms with Gasteiger partial charge in [-0.05, 0) is 37.5 Å². The average Bonchev–Trinajstić information content (AvgIpc) is 2.52. The number of aromatic nitrogens is 3. The molecule has 0 bridgehead atoms. The van der Waals surface area contributed by atoms with Crippen LogP contribution in [0.5, 0.6) is 5.88 Å². The van der Waals surface area contributed by atoms with E-state index in [0.717, 1.165) is 28.0 Å². The maximum absolute atomic E-state index is 8.05. The molecule has 0 amide bonds. The number of methoxy groups -OCH3 is 1. The molecular weight excluding hydrogens is 290 g/mol. The zero-order valence-electron chi connectivity index (χ0n) is 13.9. The fraction of sp³-hybridized carbons (Fsp3) is 0.294. The molecule has 0 aromatic carbocycles. The van der Waals surface area contributed by atoms with E-state index < -0.39 is 0 Å². The van der Waals surface area contributed by atoms with E-state index in [0.29, 0.717) is 24.0 Å². The van der Waals surface area contributed by atoms with Crippen LogP contribution in [0.2, 0.25) is 0 Å². The molecule has 0 atom stereocenters.